The Morgan fingerprint density at radius 1 is 0.824 bits per heavy atom. The fourth-order valence-electron chi connectivity index (χ4n) is 4.22. The number of halogens is 1. The molecule has 0 bridgehead atoms. The van der Waals surface area contributed by atoms with Crippen LogP contribution < -0.4 is 0 Å². The van der Waals surface area contributed by atoms with Gasteiger partial charge in [0.25, 0.3) is 0 Å². The lowest BCUT2D eigenvalue weighted by Gasteiger charge is -2.58. The molecule has 0 heterocycles. The van der Waals surface area contributed by atoms with E-state index < -0.39 is 34.0 Å². The molecule has 104 valence electrons. The first kappa shape index (κ1) is 18.6. The first-order valence-electron chi connectivity index (χ1n) is 6.45. The molecule has 0 radical (unpaired) electrons. The van der Waals surface area contributed by atoms with Crippen LogP contribution in [0.3, 0.4) is 0 Å². The third-order valence-electron chi connectivity index (χ3n) is 4.24. The fraction of sp³-hybridized carbons (Fsp3) is 1.00. The Bertz CT molecular complexity index is 214. The molecule has 0 saturated carbocycles. The quantitative estimate of drug-likeness (QED) is 0.356. The predicted molar refractivity (Wildman–Crippen MR) is 101 cm³/mol. The predicted octanol–water partition coefficient (Wildman–Crippen LogP) is 4.27. The maximum Gasteiger partial charge on any atom is 0.161 e. The molecule has 0 unspecified atom stereocenters. The normalized spacial score (nSPS) is 15.9. The maximum atomic E-state index is 6.11. The molecule has 0 aromatic heterocycles. The highest BCUT2D eigenvalue weighted by Gasteiger charge is 2.59. The second kappa shape index (κ2) is 5.90. The molecule has 0 fully saturated rings. The van der Waals surface area contributed by atoms with Gasteiger partial charge in [-0.05, 0) is 3.91 Å². The van der Waals surface area contributed by atoms with Gasteiger partial charge in [0.2, 0.25) is 0 Å². The van der Waals surface area contributed by atoms with E-state index in [-0.39, 0.29) is 0 Å². The van der Waals surface area contributed by atoms with E-state index in [4.69, 9.17) is 4.43 Å². The molecule has 0 aliphatic heterocycles. The van der Waals surface area contributed by atoms with E-state index in [0.29, 0.717) is 3.91 Å². The van der Waals surface area contributed by atoms with Gasteiger partial charge in [-0.1, -0.05) is 81.5 Å². The minimum Gasteiger partial charge on any atom is -0.415 e. The van der Waals surface area contributed by atoms with Gasteiger partial charge in [0.05, 0.1) is 4.61 Å². The molecular formula is C11H31IOSi4. The summed E-state index contributed by atoms with van der Waals surface area (Å²) in [4.78, 5) is 0. The summed E-state index contributed by atoms with van der Waals surface area (Å²) in [7, 11) is -3.98. The zero-order valence-corrected chi connectivity index (χ0v) is 19.8. The zero-order valence-electron chi connectivity index (χ0n) is 13.2. The standard InChI is InChI=1S/C11H31IOSi4/c1-15(2,3)11(14-13-10-12,16(4,5)6)17(7,8)9/h10,14H2,1-9H3. The number of rotatable bonds is 6. The van der Waals surface area contributed by atoms with Crippen molar-refractivity contribution in [3.8, 4) is 0 Å². The van der Waals surface area contributed by atoms with Crippen LogP contribution in [0.15, 0.2) is 0 Å². The Labute approximate surface area is 128 Å². The van der Waals surface area contributed by atoms with Gasteiger partial charge in [-0.25, -0.2) is 0 Å². The highest BCUT2D eigenvalue weighted by Crippen LogP contribution is 2.52. The van der Waals surface area contributed by atoms with Crippen molar-refractivity contribution in [1.29, 1.82) is 0 Å². The Balaban J connectivity index is 5.75. The smallest absolute Gasteiger partial charge is 0.161 e. The van der Waals surface area contributed by atoms with E-state index in [1.54, 1.807) is 0 Å². The van der Waals surface area contributed by atoms with Crippen molar-refractivity contribution in [1.82, 2.24) is 0 Å². The first-order chi connectivity index (χ1) is 7.31. The lowest BCUT2D eigenvalue weighted by atomic mass is 11.6. The van der Waals surface area contributed by atoms with Crippen LogP contribution in [0.4, 0.5) is 0 Å². The van der Waals surface area contributed by atoms with Crippen LogP contribution in [-0.4, -0.2) is 38.6 Å². The van der Waals surface area contributed by atoms with Crippen molar-refractivity contribution in [2.24, 2.45) is 0 Å². The average Bonchev–Trinajstić information content (AvgIpc) is 1.96. The molecule has 0 N–H and O–H groups in total. The van der Waals surface area contributed by atoms with Gasteiger partial charge >= 0.3 is 0 Å². The van der Waals surface area contributed by atoms with E-state index >= 15 is 0 Å². The van der Waals surface area contributed by atoms with Crippen LogP contribution in [0.25, 0.3) is 0 Å². The summed E-state index contributed by atoms with van der Waals surface area (Å²) in [6.07, 6.45) is 0. The molecule has 0 atom stereocenters. The molecule has 0 aliphatic carbocycles. The number of hydrogen-bond donors (Lipinski definition) is 0. The van der Waals surface area contributed by atoms with Crippen molar-refractivity contribution >= 4 is 56.6 Å². The Kier molecular flexibility index (Phi) is 6.44. The van der Waals surface area contributed by atoms with Gasteiger partial charge in [-0.3, -0.25) is 0 Å². The zero-order chi connectivity index (χ0) is 14.1. The molecule has 6 heteroatoms. The molecule has 17 heavy (non-hydrogen) atoms. The summed E-state index contributed by atoms with van der Waals surface area (Å²) in [6.45, 7) is 23.3. The molecule has 0 spiro atoms. The summed E-state index contributed by atoms with van der Waals surface area (Å²) in [6, 6.07) is 0. The Morgan fingerprint density at radius 2 is 1.12 bits per heavy atom. The van der Waals surface area contributed by atoms with Crippen molar-refractivity contribution in [2.75, 3.05) is 4.61 Å². The molecule has 0 rings (SSSR count). The van der Waals surface area contributed by atoms with Gasteiger partial charge in [-0.15, -0.1) is 0 Å². The largest absolute Gasteiger partial charge is 0.415 e. The summed E-state index contributed by atoms with van der Waals surface area (Å²) >= 11 is 2.37. The molecule has 0 amide bonds. The average molecular weight is 419 g/mol. The topological polar surface area (TPSA) is 9.23 Å². The molecule has 0 aromatic carbocycles. The molecule has 0 aliphatic rings. The van der Waals surface area contributed by atoms with E-state index in [1.807, 2.05) is 0 Å². The van der Waals surface area contributed by atoms with Gasteiger partial charge in [0.1, 0.15) is 0 Å². The maximum absolute atomic E-state index is 6.11. The molecule has 1 nitrogen and oxygen atoms in total. The minimum absolute atomic E-state index is 0.416. The molecular weight excluding hydrogens is 387 g/mol. The molecule has 0 saturated heterocycles. The second-order valence-electron chi connectivity index (χ2n) is 8.11. The van der Waals surface area contributed by atoms with Crippen LogP contribution in [0.1, 0.15) is 0 Å². The van der Waals surface area contributed by atoms with Crippen molar-refractivity contribution in [3.05, 3.63) is 0 Å². The summed E-state index contributed by atoms with van der Waals surface area (Å²) in [5.41, 5.74) is 0. The van der Waals surface area contributed by atoms with Crippen molar-refractivity contribution in [3.63, 3.8) is 0 Å². The lowest BCUT2D eigenvalue weighted by molar-refractivity contribution is 0.427. The third kappa shape index (κ3) is 3.77. The summed E-state index contributed by atoms with van der Waals surface area (Å²) in [5, 5.41) is 0. The number of alkyl halides is 1. The van der Waals surface area contributed by atoms with Gasteiger partial charge in [0, 0.05) is 24.2 Å². The fourth-order valence-corrected chi connectivity index (χ4v) is 38.4. The van der Waals surface area contributed by atoms with Crippen LogP contribution >= 0.6 is 22.6 Å². The summed E-state index contributed by atoms with van der Waals surface area (Å²) < 4.78 is 7.69. The van der Waals surface area contributed by atoms with Crippen LogP contribution in [0.2, 0.25) is 62.8 Å². The highest BCUT2D eigenvalue weighted by atomic mass is 127. The lowest BCUT2D eigenvalue weighted by Crippen LogP contribution is -2.68. The molecule has 0 aromatic rings. The highest BCUT2D eigenvalue weighted by molar-refractivity contribution is 14.1. The first-order valence-corrected chi connectivity index (χ1v) is 19.8. The second-order valence-corrected chi connectivity index (χ2v) is 30.2. The SMILES string of the molecule is C[Si](C)(C)C([SiH2]OCI)([Si](C)(C)C)[Si](C)(C)C. The van der Waals surface area contributed by atoms with E-state index in [1.165, 1.54) is 0 Å². The number of hydrogen-bond acceptors (Lipinski definition) is 1. The van der Waals surface area contributed by atoms with E-state index in [2.05, 4.69) is 81.5 Å². The Morgan fingerprint density at radius 3 is 1.29 bits per heavy atom. The van der Waals surface area contributed by atoms with Crippen molar-refractivity contribution < 1.29 is 4.43 Å². The minimum atomic E-state index is -1.19. The monoisotopic (exact) mass is 418 g/mol. The van der Waals surface area contributed by atoms with Crippen LogP contribution in [-0.2, 0) is 4.43 Å². The van der Waals surface area contributed by atoms with Crippen molar-refractivity contribution in [2.45, 2.75) is 62.8 Å². The van der Waals surface area contributed by atoms with Crippen LogP contribution in [0.5, 0.6) is 0 Å². The van der Waals surface area contributed by atoms with Gasteiger partial charge in [-0.2, -0.15) is 0 Å². The van der Waals surface area contributed by atoms with Gasteiger partial charge in [0.15, 0.2) is 9.76 Å². The van der Waals surface area contributed by atoms with E-state index in [0.717, 1.165) is 4.61 Å². The van der Waals surface area contributed by atoms with Gasteiger partial charge < -0.3 is 4.43 Å². The van der Waals surface area contributed by atoms with Crippen LogP contribution in [0, 0.1) is 0 Å². The third-order valence-corrected chi connectivity index (χ3v) is 38.4. The van der Waals surface area contributed by atoms with E-state index in [9.17, 15) is 0 Å². The Hall–Kier alpha value is 1.56. The summed E-state index contributed by atoms with van der Waals surface area (Å²) in [5.74, 6) is 0.